The molecule has 0 radical (unpaired) electrons. The van der Waals surface area contributed by atoms with E-state index >= 15 is 0 Å². The van der Waals surface area contributed by atoms with Gasteiger partial charge in [-0.25, -0.2) is 0 Å². The maximum Gasteiger partial charge on any atom is 0.186 e. The Balaban J connectivity index is 0.816. The van der Waals surface area contributed by atoms with Crippen molar-refractivity contribution in [2.75, 3.05) is 33.0 Å². The van der Waals surface area contributed by atoms with Crippen molar-refractivity contribution in [1.29, 1.82) is 0 Å². The van der Waals surface area contributed by atoms with Crippen molar-refractivity contribution in [1.82, 2.24) is 0 Å². The van der Waals surface area contributed by atoms with Crippen molar-refractivity contribution < 1.29 is 109 Å². The molecule has 22 heteroatoms. The Morgan fingerprint density at radius 2 is 1.31 bits per heavy atom. The van der Waals surface area contributed by atoms with Crippen LogP contribution in [0.3, 0.4) is 0 Å². The Kier molecular flexibility index (Phi) is 16.4. The van der Waals surface area contributed by atoms with Gasteiger partial charge in [0.15, 0.2) is 25.2 Å². The summed E-state index contributed by atoms with van der Waals surface area (Å²) in [6, 6.07) is 0. The summed E-state index contributed by atoms with van der Waals surface area (Å²) < 4.78 is 53.2. The zero-order valence-corrected chi connectivity index (χ0v) is 40.9. The minimum atomic E-state index is -1.74. The first-order valence-electron chi connectivity index (χ1n) is 25.7. The van der Waals surface area contributed by atoms with Crippen molar-refractivity contribution in [3.63, 3.8) is 0 Å². The molecule has 4 aliphatic carbocycles. The van der Waals surface area contributed by atoms with Crippen LogP contribution in [-0.2, 0) is 47.4 Å². The fourth-order valence-corrected chi connectivity index (χ4v) is 14.3. The fraction of sp³-hybridized carbons (Fsp3) is 0.939. The summed E-state index contributed by atoms with van der Waals surface area (Å²) in [7, 11) is 0. The highest BCUT2D eigenvalue weighted by molar-refractivity contribution is 5.83. The van der Waals surface area contributed by atoms with Gasteiger partial charge in [0.25, 0.3) is 0 Å². The molecule has 0 aromatic heterocycles. The second kappa shape index (κ2) is 21.4. The molecule has 4 saturated heterocycles. The van der Waals surface area contributed by atoms with E-state index in [1.807, 2.05) is 6.92 Å². The maximum atomic E-state index is 14.5. The molecule has 0 bridgehead atoms. The topological polar surface area (TPSA) is 343 Å². The first-order valence-corrected chi connectivity index (χ1v) is 25.7. The average molecular weight is 1020 g/mol. The molecule has 0 amide bonds. The van der Waals surface area contributed by atoms with Gasteiger partial charge in [0, 0.05) is 24.7 Å². The molecule has 9 rings (SSSR count). The van der Waals surface area contributed by atoms with Crippen LogP contribution in [0.1, 0.15) is 85.5 Å². The summed E-state index contributed by atoms with van der Waals surface area (Å²) in [5.74, 6) is 1.89. The number of ether oxygens (including phenoxy) is 9. The number of rotatable bonds is 14. The number of aliphatic hydroxyl groups excluding tert-OH is 12. The monoisotopic (exact) mass is 1020 g/mol. The van der Waals surface area contributed by atoms with Crippen molar-refractivity contribution >= 4 is 5.78 Å². The number of carbonyl (C=O) groups excluding carboxylic acids is 1. The van der Waals surface area contributed by atoms with Crippen LogP contribution in [-0.4, -0.2) is 223 Å². The predicted octanol–water partition coefficient (Wildman–Crippen LogP) is -2.55. The first-order chi connectivity index (χ1) is 33.7. The maximum absolute atomic E-state index is 14.5. The zero-order valence-electron chi connectivity index (χ0n) is 40.9. The molecule has 4 saturated carbocycles. The van der Waals surface area contributed by atoms with Gasteiger partial charge < -0.3 is 104 Å². The lowest BCUT2D eigenvalue weighted by Gasteiger charge is -2.60. The molecular weight excluding hydrogens is 941 g/mol. The third kappa shape index (κ3) is 10.0. The molecule has 22 nitrogen and oxygen atoms in total. The van der Waals surface area contributed by atoms with Gasteiger partial charge in [-0.1, -0.05) is 20.8 Å². The molecule has 71 heavy (non-hydrogen) atoms. The summed E-state index contributed by atoms with van der Waals surface area (Å²) in [4.78, 5) is 14.5. The summed E-state index contributed by atoms with van der Waals surface area (Å²) in [6.45, 7) is 7.28. The summed E-state index contributed by atoms with van der Waals surface area (Å²) >= 11 is 0. The third-order valence-electron chi connectivity index (χ3n) is 18.5. The smallest absolute Gasteiger partial charge is 0.186 e. The van der Waals surface area contributed by atoms with E-state index in [2.05, 4.69) is 20.8 Å². The van der Waals surface area contributed by atoms with E-state index < -0.39 is 137 Å². The molecule has 0 unspecified atom stereocenters. The Morgan fingerprint density at radius 1 is 0.676 bits per heavy atom. The van der Waals surface area contributed by atoms with E-state index in [4.69, 9.17) is 42.6 Å². The lowest BCUT2D eigenvalue weighted by molar-refractivity contribution is -0.361. The number of fused-ring (bicyclic) bond motifs is 7. The zero-order chi connectivity index (χ0) is 51.0. The van der Waals surface area contributed by atoms with Gasteiger partial charge in [0.05, 0.1) is 44.9 Å². The van der Waals surface area contributed by atoms with Gasteiger partial charge in [-0.3, -0.25) is 4.79 Å². The Labute approximate surface area is 412 Å². The summed E-state index contributed by atoms with van der Waals surface area (Å²) in [6.07, 6.45) is -20.9. The van der Waals surface area contributed by atoms with Crippen LogP contribution in [0.25, 0.3) is 0 Å². The highest BCUT2D eigenvalue weighted by Gasteiger charge is 2.66. The van der Waals surface area contributed by atoms with Gasteiger partial charge >= 0.3 is 0 Å². The van der Waals surface area contributed by atoms with Crippen molar-refractivity contribution in [3.8, 4) is 0 Å². The van der Waals surface area contributed by atoms with E-state index in [-0.39, 0.29) is 65.5 Å². The number of carbonyl (C=O) groups is 1. The van der Waals surface area contributed by atoms with Gasteiger partial charge in [-0.2, -0.15) is 0 Å². The lowest BCUT2D eigenvalue weighted by Crippen LogP contribution is -2.64. The number of Topliss-reactive ketones (excluding diaryl/α,β-unsaturated/α-hetero) is 1. The Bertz CT molecular complexity index is 1880. The third-order valence-corrected chi connectivity index (χ3v) is 18.5. The van der Waals surface area contributed by atoms with Gasteiger partial charge in [-0.15, -0.1) is 0 Å². The molecule has 9 aliphatic rings. The molecule has 0 aromatic rings. The lowest BCUT2D eigenvalue weighted by atomic mass is 9.44. The molecule has 406 valence electrons. The van der Waals surface area contributed by atoms with Gasteiger partial charge in [0.1, 0.15) is 97.3 Å². The Hall–Kier alpha value is -1.59. The molecular formula is C49H78O22. The predicted molar refractivity (Wildman–Crippen MR) is 239 cm³/mol. The van der Waals surface area contributed by atoms with Crippen molar-refractivity contribution in [2.45, 2.75) is 208 Å². The van der Waals surface area contributed by atoms with Crippen LogP contribution < -0.4 is 0 Å². The fourth-order valence-electron chi connectivity index (χ4n) is 14.3. The number of allylic oxidation sites excluding steroid dienone is 1. The summed E-state index contributed by atoms with van der Waals surface area (Å²) in [5, 5.41) is 125. The first kappa shape index (κ1) is 54.2. The molecule has 8 fully saturated rings. The Morgan fingerprint density at radius 3 is 2.01 bits per heavy atom. The van der Waals surface area contributed by atoms with Crippen LogP contribution in [0, 0.1) is 46.3 Å². The summed E-state index contributed by atoms with van der Waals surface area (Å²) in [5.41, 5.74) is 0.897. The SMILES string of the molecule is CC1=C(CC[C@@H](C)CO[C@H]2O[C@@H](CO)[C@H](O)[C@@H](O)[C@@H]2O)O[C@@H]2C[C@@H]3[C@H]4CC(=O)[C@H]5C[C@@H](O[C@H]6O[C@@H](CO[C@H]7OC[C@H](O)[C@@H](O)[C@@H]7O)[C@H](O[C@H]7OC[C@H](O)[C@@H](O)[C@@H]7O)[C@@H](O)[C@@H]6O)CC[C@@]5(C)[C@H]4CC[C@]3(C)[C@H]12. The van der Waals surface area contributed by atoms with E-state index in [0.29, 0.717) is 38.0 Å². The molecule has 5 aliphatic heterocycles. The highest BCUT2D eigenvalue weighted by Crippen LogP contribution is 2.69. The van der Waals surface area contributed by atoms with Crippen molar-refractivity contribution in [3.05, 3.63) is 11.3 Å². The molecule has 12 N–H and O–H groups in total. The van der Waals surface area contributed by atoms with Crippen LogP contribution in [0.2, 0.25) is 0 Å². The standard InChI is InChI=1S/C49H78O22/c1-19(15-63-45-41(61)37(57)36(56)31(14-50)69-45)5-6-29-20(2)33-30(68-29)13-24-22-12-26(51)25-11-21(7-9-48(25,3)23(22)8-10-49(24,33)4)67-47-42(62)38(58)43(71-46-40(60)35(55)28(53)17-65-46)32(70-47)18-66-44-39(59)34(54)27(52)16-64-44/h19,21-25,27-28,30-47,50,52-62H,5-18H2,1-4H3/t19-,21+,22+,23+,24-,25-,27+,28+,30-,31+,32+,33-,34-,35-,36+,37-,38+,39+,40+,41+,42+,43+,44-,45+,46-,47+,48+,49+/m1/s1. The van der Waals surface area contributed by atoms with E-state index in [9.17, 15) is 66.1 Å². The quantitative estimate of drug-likeness (QED) is 0.0797. The second-order valence-electron chi connectivity index (χ2n) is 22.8. The molecule has 28 atom stereocenters. The van der Waals surface area contributed by atoms with Crippen LogP contribution in [0.5, 0.6) is 0 Å². The molecule has 5 heterocycles. The number of ketones is 1. The van der Waals surface area contributed by atoms with Gasteiger partial charge in [0.2, 0.25) is 0 Å². The number of hydrogen-bond acceptors (Lipinski definition) is 22. The highest BCUT2D eigenvalue weighted by atomic mass is 16.8. The second-order valence-corrected chi connectivity index (χ2v) is 22.8. The minimum Gasteiger partial charge on any atom is -0.494 e. The van der Waals surface area contributed by atoms with Crippen LogP contribution in [0.4, 0.5) is 0 Å². The van der Waals surface area contributed by atoms with E-state index in [1.54, 1.807) is 0 Å². The normalized spacial score (nSPS) is 52.6. The average Bonchev–Trinajstić information content (AvgIpc) is 3.83. The van der Waals surface area contributed by atoms with Crippen LogP contribution >= 0.6 is 0 Å². The van der Waals surface area contributed by atoms with E-state index in [1.165, 1.54) is 5.57 Å². The van der Waals surface area contributed by atoms with E-state index in [0.717, 1.165) is 31.4 Å². The molecule has 0 aromatic carbocycles. The number of aliphatic hydroxyl groups is 12. The van der Waals surface area contributed by atoms with Crippen LogP contribution in [0.15, 0.2) is 11.3 Å². The van der Waals surface area contributed by atoms with Gasteiger partial charge in [-0.05, 0) is 91.9 Å². The molecule has 0 spiro atoms. The van der Waals surface area contributed by atoms with Crippen molar-refractivity contribution in [2.24, 2.45) is 46.3 Å². The number of hydrogen-bond donors (Lipinski definition) is 12. The minimum absolute atomic E-state index is 0.0141. The largest absolute Gasteiger partial charge is 0.494 e.